The van der Waals surface area contributed by atoms with Gasteiger partial charge in [0.1, 0.15) is 0 Å². The molecule has 106 valence electrons. The number of carbonyl (C=O) groups is 1. The Balaban J connectivity index is 2.39. The zero-order chi connectivity index (χ0) is 14.1. The molecule has 0 aromatic heterocycles. The molecular formula is C17H26O2. The lowest BCUT2D eigenvalue weighted by molar-refractivity contribution is 0.0600. The van der Waals surface area contributed by atoms with Crippen LogP contribution in [0.5, 0.6) is 0 Å². The molecule has 0 aliphatic heterocycles. The predicted octanol–water partition coefficient (Wildman–Crippen LogP) is 4.68. The van der Waals surface area contributed by atoms with Gasteiger partial charge in [0.05, 0.1) is 12.7 Å². The average molecular weight is 262 g/mol. The van der Waals surface area contributed by atoms with Crippen LogP contribution in [-0.4, -0.2) is 13.1 Å². The van der Waals surface area contributed by atoms with Crippen LogP contribution in [0.3, 0.4) is 0 Å². The zero-order valence-corrected chi connectivity index (χ0v) is 12.5. The molecule has 19 heavy (non-hydrogen) atoms. The van der Waals surface area contributed by atoms with Crippen LogP contribution in [0.2, 0.25) is 0 Å². The number of benzene rings is 1. The Kier molecular flexibility index (Phi) is 7.24. The number of unbranched alkanes of at least 4 members (excludes halogenated alkanes) is 5. The van der Waals surface area contributed by atoms with Crippen molar-refractivity contribution >= 4 is 5.97 Å². The molecule has 0 unspecified atom stereocenters. The standard InChI is InChI=1S/C17H26O2/c1-4-5-6-7-8-9-10-15-11-12-16(14(2)13-15)17(18)19-3/h11-13H,4-10H2,1-3H3. The number of hydrogen-bond acceptors (Lipinski definition) is 2. The second-order valence-electron chi connectivity index (χ2n) is 5.16. The summed E-state index contributed by atoms with van der Waals surface area (Å²) in [6.45, 7) is 4.21. The molecule has 0 fully saturated rings. The summed E-state index contributed by atoms with van der Waals surface area (Å²) in [7, 11) is 1.42. The highest BCUT2D eigenvalue weighted by molar-refractivity contribution is 5.90. The summed E-state index contributed by atoms with van der Waals surface area (Å²) in [4.78, 5) is 11.5. The van der Waals surface area contributed by atoms with E-state index in [1.165, 1.54) is 51.2 Å². The van der Waals surface area contributed by atoms with Crippen LogP contribution in [0, 0.1) is 6.92 Å². The summed E-state index contributed by atoms with van der Waals surface area (Å²) in [5.74, 6) is -0.247. The van der Waals surface area contributed by atoms with Crippen molar-refractivity contribution in [3.63, 3.8) is 0 Å². The van der Waals surface area contributed by atoms with Gasteiger partial charge in [-0.1, -0.05) is 51.2 Å². The molecule has 0 N–H and O–H groups in total. The molecule has 1 rings (SSSR count). The summed E-state index contributed by atoms with van der Waals surface area (Å²) in [6, 6.07) is 6.04. The topological polar surface area (TPSA) is 26.3 Å². The van der Waals surface area contributed by atoms with Crippen LogP contribution in [-0.2, 0) is 11.2 Å². The fraction of sp³-hybridized carbons (Fsp3) is 0.588. The number of rotatable bonds is 8. The van der Waals surface area contributed by atoms with Gasteiger partial charge in [0, 0.05) is 0 Å². The molecule has 0 amide bonds. The molecule has 2 heteroatoms. The molecule has 0 bridgehead atoms. The van der Waals surface area contributed by atoms with Gasteiger partial charge in [0.25, 0.3) is 0 Å². The highest BCUT2D eigenvalue weighted by Gasteiger charge is 2.08. The van der Waals surface area contributed by atoms with E-state index in [2.05, 4.69) is 13.0 Å². The van der Waals surface area contributed by atoms with Crippen molar-refractivity contribution < 1.29 is 9.53 Å². The van der Waals surface area contributed by atoms with Gasteiger partial charge in [-0.05, 0) is 37.0 Å². The molecule has 2 nitrogen and oxygen atoms in total. The monoisotopic (exact) mass is 262 g/mol. The van der Waals surface area contributed by atoms with Crippen molar-refractivity contribution in [1.82, 2.24) is 0 Å². The van der Waals surface area contributed by atoms with Crippen molar-refractivity contribution in [1.29, 1.82) is 0 Å². The Morgan fingerprint density at radius 1 is 1.11 bits per heavy atom. The second kappa shape index (κ2) is 8.73. The van der Waals surface area contributed by atoms with E-state index in [-0.39, 0.29) is 5.97 Å². The quantitative estimate of drug-likeness (QED) is 0.502. The van der Waals surface area contributed by atoms with E-state index in [4.69, 9.17) is 4.74 Å². The fourth-order valence-electron chi connectivity index (χ4n) is 2.33. The predicted molar refractivity (Wildman–Crippen MR) is 79.6 cm³/mol. The Morgan fingerprint density at radius 2 is 1.79 bits per heavy atom. The smallest absolute Gasteiger partial charge is 0.338 e. The van der Waals surface area contributed by atoms with E-state index < -0.39 is 0 Å². The molecule has 0 aliphatic carbocycles. The van der Waals surface area contributed by atoms with Crippen molar-refractivity contribution in [2.75, 3.05) is 7.11 Å². The molecule has 0 saturated heterocycles. The van der Waals surface area contributed by atoms with Crippen LogP contribution >= 0.6 is 0 Å². The second-order valence-corrected chi connectivity index (χ2v) is 5.16. The van der Waals surface area contributed by atoms with Gasteiger partial charge in [0.15, 0.2) is 0 Å². The number of aryl methyl sites for hydroxylation is 2. The molecule has 0 atom stereocenters. The van der Waals surface area contributed by atoms with Gasteiger partial charge >= 0.3 is 5.97 Å². The number of hydrogen-bond donors (Lipinski definition) is 0. The van der Waals surface area contributed by atoms with Crippen LogP contribution < -0.4 is 0 Å². The molecule has 0 saturated carbocycles. The van der Waals surface area contributed by atoms with E-state index in [1.54, 1.807) is 0 Å². The van der Waals surface area contributed by atoms with Crippen LogP contribution in [0.15, 0.2) is 18.2 Å². The lowest BCUT2D eigenvalue weighted by atomic mass is 10.0. The molecule has 0 heterocycles. The van der Waals surface area contributed by atoms with Gasteiger partial charge < -0.3 is 4.74 Å². The maximum atomic E-state index is 11.5. The minimum Gasteiger partial charge on any atom is -0.465 e. The highest BCUT2D eigenvalue weighted by atomic mass is 16.5. The first-order chi connectivity index (χ1) is 9.19. The zero-order valence-electron chi connectivity index (χ0n) is 12.5. The third-order valence-corrected chi connectivity index (χ3v) is 3.52. The lowest BCUT2D eigenvalue weighted by Crippen LogP contribution is -2.04. The fourth-order valence-corrected chi connectivity index (χ4v) is 2.33. The molecule has 1 aromatic carbocycles. The molecular weight excluding hydrogens is 236 g/mol. The van der Waals surface area contributed by atoms with E-state index >= 15 is 0 Å². The number of carbonyl (C=O) groups excluding carboxylic acids is 1. The first-order valence-electron chi connectivity index (χ1n) is 7.37. The number of methoxy groups -OCH3 is 1. The van der Waals surface area contributed by atoms with E-state index in [0.717, 1.165) is 12.0 Å². The van der Waals surface area contributed by atoms with E-state index in [0.29, 0.717) is 5.56 Å². The Morgan fingerprint density at radius 3 is 2.42 bits per heavy atom. The SMILES string of the molecule is CCCCCCCCc1ccc(C(=O)OC)c(C)c1. The third kappa shape index (κ3) is 5.46. The summed E-state index contributed by atoms with van der Waals surface area (Å²) in [5, 5.41) is 0. The van der Waals surface area contributed by atoms with Crippen molar-refractivity contribution in [3.8, 4) is 0 Å². The molecule has 1 aromatic rings. The molecule has 0 spiro atoms. The lowest BCUT2D eigenvalue weighted by Gasteiger charge is -2.07. The summed E-state index contributed by atoms with van der Waals surface area (Å²) in [6.07, 6.45) is 9.00. The van der Waals surface area contributed by atoms with Crippen molar-refractivity contribution in [3.05, 3.63) is 34.9 Å². The average Bonchev–Trinajstić information content (AvgIpc) is 2.42. The molecule has 0 radical (unpaired) electrons. The van der Waals surface area contributed by atoms with Gasteiger partial charge in [-0.15, -0.1) is 0 Å². The number of esters is 1. The Labute approximate surface area is 117 Å². The minimum atomic E-state index is -0.247. The maximum Gasteiger partial charge on any atom is 0.338 e. The van der Waals surface area contributed by atoms with Gasteiger partial charge in [-0.2, -0.15) is 0 Å². The maximum absolute atomic E-state index is 11.5. The number of ether oxygens (including phenoxy) is 1. The van der Waals surface area contributed by atoms with E-state index in [9.17, 15) is 4.79 Å². The largest absolute Gasteiger partial charge is 0.465 e. The highest BCUT2D eigenvalue weighted by Crippen LogP contribution is 2.15. The Bertz CT molecular complexity index is 396. The van der Waals surface area contributed by atoms with Gasteiger partial charge in [-0.3, -0.25) is 0 Å². The first-order valence-corrected chi connectivity index (χ1v) is 7.37. The normalized spacial score (nSPS) is 10.5. The van der Waals surface area contributed by atoms with Crippen LogP contribution in [0.4, 0.5) is 0 Å². The third-order valence-electron chi connectivity index (χ3n) is 3.52. The van der Waals surface area contributed by atoms with Gasteiger partial charge in [-0.25, -0.2) is 4.79 Å². The summed E-state index contributed by atoms with van der Waals surface area (Å²) >= 11 is 0. The van der Waals surface area contributed by atoms with E-state index in [1.807, 2.05) is 19.1 Å². The van der Waals surface area contributed by atoms with Crippen molar-refractivity contribution in [2.45, 2.75) is 58.8 Å². The van der Waals surface area contributed by atoms with Crippen LogP contribution in [0.1, 0.15) is 66.9 Å². The molecule has 0 aliphatic rings. The van der Waals surface area contributed by atoms with Crippen LogP contribution in [0.25, 0.3) is 0 Å². The minimum absolute atomic E-state index is 0.247. The summed E-state index contributed by atoms with van der Waals surface area (Å²) < 4.78 is 4.75. The first kappa shape index (κ1) is 15.7. The van der Waals surface area contributed by atoms with Crippen molar-refractivity contribution in [2.24, 2.45) is 0 Å². The Hall–Kier alpha value is -1.31. The summed E-state index contributed by atoms with van der Waals surface area (Å²) in [5.41, 5.74) is 3.00. The van der Waals surface area contributed by atoms with Gasteiger partial charge in [0.2, 0.25) is 0 Å².